The number of benzene rings is 1. The average molecular weight is 438 g/mol. The van der Waals surface area contributed by atoms with Crippen LogP contribution in [0, 0.1) is 17.3 Å². The minimum atomic E-state index is -0.0127. The Bertz CT molecular complexity index is 641. The molecule has 3 unspecified atom stereocenters. The molecule has 3 aliphatic carbocycles. The lowest BCUT2D eigenvalue weighted by atomic mass is 9.55. The van der Waals surface area contributed by atoms with Crippen LogP contribution in [0.15, 0.2) is 18.2 Å². The first-order valence-electron chi connectivity index (χ1n) is 9.48. The van der Waals surface area contributed by atoms with Gasteiger partial charge in [0.2, 0.25) is 0 Å². The van der Waals surface area contributed by atoms with E-state index in [0.717, 1.165) is 48.9 Å². The van der Waals surface area contributed by atoms with Crippen LogP contribution >= 0.6 is 22.6 Å². The highest BCUT2D eigenvalue weighted by Gasteiger charge is 2.54. The third-order valence-corrected chi connectivity index (χ3v) is 7.72. The molecule has 0 heterocycles. The van der Waals surface area contributed by atoms with Gasteiger partial charge in [0.25, 0.3) is 0 Å². The lowest BCUT2D eigenvalue weighted by molar-refractivity contribution is -0.129. The maximum absolute atomic E-state index is 12.4. The SMILES string of the molecule is C[C@]12CCC3c4ccc(OCCCI)cc4CCC3C1CCC2=O. The van der Waals surface area contributed by atoms with Crippen LogP contribution in [-0.2, 0) is 11.2 Å². The number of carbonyl (C=O) groups excluding carboxylic acids is 1. The van der Waals surface area contributed by atoms with E-state index < -0.39 is 0 Å². The first-order valence-corrected chi connectivity index (χ1v) is 11.0. The molecule has 2 nitrogen and oxygen atoms in total. The summed E-state index contributed by atoms with van der Waals surface area (Å²) >= 11 is 2.40. The fourth-order valence-corrected chi connectivity index (χ4v) is 5.98. The van der Waals surface area contributed by atoms with Gasteiger partial charge in [-0.2, -0.15) is 0 Å². The second kappa shape index (κ2) is 6.62. The molecule has 1 aromatic rings. The van der Waals surface area contributed by atoms with Gasteiger partial charge in [0.1, 0.15) is 11.5 Å². The molecule has 3 aliphatic rings. The molecule has 4 atom stereocenters. The lowest BCUT2D eigenvalue weighted by Crippen LogP contribution is -2.42. The monoisotopic (exact) mass is 438 g/mol. The minimum absolute atomic E-state index is 0.0127. The van der Waals surface area contributed by atoms with Gasteiger partial charge in [0.15, 0.2) is 0 Å². The smallest absolute Gasteiger partial charge is 0.139 e. The molecular formula is C21H27IO2. The molecule has 1 aromatic carbocycles. The molecule has 24 heavy (non-hydrogen) atoms. The molecule has 0 saturated heterocycles. The third kappa shape index (κ3) is 2.71. The van der Waals surface area contributed by atoms with Crippen molar-refractivity contribution in [2.24, 2.45) is 17.3 Å². The van der Waals surface area contributed by atoms with E-state index in [4.69, 9.17) is 4.74 Å². The number of halogens is 1. The Labute approximate surface area is 158 Å². The Kier molecular flexibility index (Phi) is 4.65. The summed E-state index contributed by atoms with van der Waals surface area (Å²) in [5.41, 5.74) is 3.03. The second-order valence-electron chi connectivity index (χ2n) is 8.09. The quantitative estimate of drug-likeness (QED) is 0.362. The molecule has 0 N–H and O–H groups in total. The van der Waals surface area contributed by atoms with Gasteiger partial charge >= 0.3 is 0 Å². The summed E-state index contributed by atoms with van der Waals surface area (Å²) in [6.07, 6.45) is 7.74. The van der Waals surface area contributed by atoms with Gasteiger partial charge in [-0.3, -0.25) is 4.79 Å². The molecule has 0 aliphatic heterocycles. The number of fused-ring (bicyclic) bond motifs is 5. The number of alkyl halides is 1. The van der Waals surface area contributed by atoms with Crippen molar-refractivity contribution in [2.75, 3.05) is 11.0 Å². The lowest BCUT2D eigenvalue weighted by Gasteiger charge is -2.48. The van der Waals surface area contributed by atoms with Crippen molar-refractivity contribution in [1.29, 1.82) is 0 Å². The van der Waals surface area contributed by atoms with E-state index >= 15 is 0 Å². The summed E-state index contributed by atoms with van der Waals surface area (Å²) in [6.45, 7) is 3.07. The molecule has 130 valence electrons. The first-order chi connectivity index (χ1) is 11.6. The summed E-state index contributed by atoms with van der Waals surface area (Å²) < 4.78 is 7.04. The Balaban J connectivity index is 1.56. The number of hydrogen-bond acceptors (Lipinski definition) is 2. The zero-order valence-electron chi connectivity index (χ0n) is 14.5. The summed E-state index contributed by atoms with van der Waals surface area (Å²) in [6, 6.07) is 6.78. The van der Waals surface area contributed by atoms with Crippen LogP contribution in [0.4, 0.5) is 0 Å². The minimum Gasteiger partial charge on any atom is -0.494 e. The van der Waals surface area contributed by atoms with E-state index in [-0.39, 0.29) is 5.41 Å². The van der Waals surface area contributed by atoms with Crippen molar-refractivity contribution in [2.45, 2.75) is 57.8 Å². The Morgan fingerprint density at radius 2 is 2.12 bits per heavy atom. The Hall–Kier alpha value is -0.580. The highest BCUT2D eigenvalue weighted by Crippen LogP contribution is 2.59. The highest BCUT2D eigenvalue weighted by atomic mass is 127. The maximum Gasteiger partial charge on any atom is 0.139 e. The first kappa shape index (κ1) is 16.9. The van der Waals surface area contributed by atoms with E-state index in [2.05, 4.69) is 47.7 Å². The summed E-state index contributed by atoms with van der Waals surface area (Å²) in [5.74, 6) is 3.58. The van der Waals surface area contributed by atoms with E-state index in [9.17, 15) is 4.79 Å². The van der Waals surface area contributed by atoms with E-state index in [0.29, 0.717) is 23.5 Å². The predicted octanol–water partition coefficient (Wildman–Crippen LogP) is 5.32. The number of aryl methyl sites for hydroxylation is 1. The van der Waals surface area contributed by atoms with Gasteiger partial charge in [-0.15, -0.1) is 0 Å². The van der Waals surface area contributed by atoms with Crippen LogP contribution in [0.3, 0.4) is 0 Å². The van der Waals surface area contributed by atoms with Crippen molar-refractivity contribution in [3.63, 3.8) is 0 Å². The molecule has 0 bridgehead atoms. The van der Waals surface area contributed by atoms with Gasteiger partial charge < -0.3 is 4.74 Å². The van der Waals surface area contributed by atoms with Crippen LogP contribution in [0.2, 0.25) is 0 Å². The average Bonchev–Trinajstić information content (AvgIpc) is 2.90. The fraction of sp³-hybridized carbons (Fsp3) is 0.667. The van der Waals surface area contributed by atoms with Crippen molar-refractivity contribution in [3.8, 4) is 5.75 Å². The molecule has 0 radical (unpaired) electrons. The standard InChI is InChI=1S/C21H27IO2/c1-21-10-9-17-16-6-4-15(24-12-2-11-22)13-14(16)3-5-18(17)19(21)7-8-20(21)23/h4,6,13,17-19H,2-3,5,7-12H2,1H3/t17?,18?,19?,21-/m0/s1. The highest BCUT2D eigenvalue weighted by molar-refractivity contribution is 14.1. The van der Waals surface area contributed by atoms with Crippen LogP contribution in [0.1, 0.15) is 62.5 Å². The largest absolute Gasteiger partial charge is 0.494 e. The summed E-state index contributed by atoms with van der Waals surface area (Å²) in [4.78, 5) is 12.4. The van der Waals surface area contributed by atoms with Gasteiger partial charge in [0, 0.05) is 16.3 Å². The maximum atomic E-state index is 12.4. The third-order valence-electron chi connectivity index (χ3n) is 6.95. The topological polar surface area (TPSA) is 26.3 Å². The predicted molar refractivity (Wildman–Crippen MR) is 105 cm³/mol. The summed E-state index contributed by atoms with van der Waals surface area (Å²) in [7, 11) is 0. The summed E-state index contributed by atoms with van der Waals surface area (Å²) in [5, 5.41) is 0. The number of ether oxygens (including phenoxy) is 1. The molecular weight excluding hydrogens is 411 g/mol. The second-order valence-corrected chi connectivity index (χ2v) is 9.16. The molecule has 2 saturated carbocycles. The van der Waals surface area contributed by atoms with E-state index in [1.807, 2.05) is 0 Å². The van der Waals surface area contributed by atoms with E-state index in [1.165, 1.54) is 18.4 Å². The number of rotatable bonds is 4. The molecule has 0 aromatic heterocycles. The number of carbonyl (C=O) groups is 1. The fourth-order valence-electron chi connectivity index (χ4n) is 5.66. The van der Waals surface area contributed by atoms with Crippen LogP contribution < -0.4 is 4.74 Å². The molecule has 0 amide bonds. The van der Waals surface area contributed by atoms with Crippen LogP contribution in [-0.4, -0.2) is 16.8 Å². The molecule has 4 rings (SSSR count). The Morgan fingerprint density at radius 1 is 1.25 bits per heavy atom. The van der Waals surface area contributed by atoms with Crippen LogP contribution in [0.25, 0.3) is 0 Å². The zero-order chi connectivity index (χ0) is 16.7. The zero-order valence-corrected chi connectivity index (χ0v) is 16.7. The van der Waals surface area contributed by atoms with Crippen molar-refractivity contribution >= 4 is 28.4 Å². The normalized spacial score (nSPS) is 34.4. The van der Waals surface area contributed by atoms with Crippen LogP contribution in [0.5, 0.6) is 5.75 Å². The number of hydrogen-bond donors (Lipinski definition) is 0. The van der Waals surface area contributed by atoms with Crippen molar-refractivity contribution in [3.05, 3.63) is 29.3 Å². The molecule has 3 heteroatoms. The van der Waals surface area contributed by atoms with E-state index in [1.54, 1.807) is 5.56 Å². The van der Waals surface area contributed by atoms with Gasteiger partial charge in [0.05, 0.1) is 6.61 Å². The van der Waals surface area contributed by atoms with Gasteiger partial charge in [-0.1, -0.05) is 35.6 Å². The number of ketones is 1. The van der Waals surface area contributed by atoms with Gasteiger partial charge in [-0.05, 0) is 79.5 Å². The van der Waals surface area contributed by atoms with Gasteiger partial charge in [-0.25, -0.2) is 0 Å². The van der Waals surface area contributed by atoms with Crippen molar-refractivity contribution in [1.82, 2.24) is 0 Å². The Morgan fingerprint density at radius 3 is 2.96 bits per heavy atom. The molecule has 0 spiro atoms. The number of Topliss-reactive ketones (excluding diaryl/α,β-unsaturated/α-hetero) is 1. The molecule has 2 fully saturated rings. The van der Waals surface area contributed by atoms with Crippen molar-refractivity contribution < 1.29 is 9.53 Å².